The summed E-state index contributed by atoms with van der Waals surface area (Å²) in [5.41, 5.74) is 1.98. The smallest absolute Gasteiger partial charge is 0.119 e. The van der Waals surface area contributed by atoms with Crippen molar-refractivity contribution in [3.8, 4) is 5.75 Å². The lowest BCUT2D eigenvalue weighted by atomic mass is 9.80. The molecule has 0 radical (unpaired) electrons. The van der Waals surface area contributed by atoms with Crippen molar-refractivity contribution < 1.29 is 9.84 Å². The fraction of sp³-hybridized carbons (Fsp3) is 0.625. The molecule has 18 heavy (non-hydrogen) atoms. The minimum absolute atomic E-state index is 0.529. The highest BCUT2D eigenvalue weighted by molar-refractivity contribution is 5.43. The second kappa shape index (κ2) is 4.58. The van der Waals surface area contributed by atoms with Crippen LogP contribution in [0.5, 0.6) is 5.75 Å². The molecule has 98 valence electrons. The number of hydrogen-bond acceptors (Lipinski definition) is 2. The van der Waals surface area contributed by atoms with Crippen molar-refractivity contribution in [1.82, 2.24) is 0 Å². The van der Waals surface area contributed by atoms with Crippen molar-refractivity contribution in [3.63, 3.8) is 0 Å². The van der Waals surface area contributed by atoms with Crippen LogP contribution in [-0.2, 0) is 5.60 Å². The van der Waals surface area contributed by atoms with E-state index >= 15 is 0 Å². The summed E-state index contributed by atoms with van der Waals surface area (Å²) < 4.78 is 5.35. The van der Waals surface area contributed by atoms with Crippen LogP contribution in [0.3, 0.4) is 0 Å². The third-order valence-corrected chi connectivity index (χ3v) is 4.53. The lowest BCUT2D eigenvalue weighted by molar-refractivity contribution is 0.149. The second-order valence-electron chi connectivity index (χ2n) is 5.82. The summed E-state index contributed by atoms with van der Waals surface area (Å²) in [7, 11) is 1.71. The van der Waals surface area contributed by atoms with Crippen LogP contribution in [-0.4, -0.2) is 12.2 Å². The molecular formula is C16H22O2. The Morgan fingerprint density at radius 2 is 1.89 bits per heavy atom. The van der Waals surface area contributed by atoms with Crippen molar-refractivity contribution in [2.24, 2.45) is 0 Å². The molecule has 0 saturated heterocycles. The Morgan fingerprint density at radius 3 is 2.50 bits per heavy atom. The standard InChI is InChI=1S/C16H22O2/c1-18-13-7-8-15(16(17)9-10-16)14(11-13)12-5-3-2-4-6-12/h7-8,11-12,17H,2-6,9-10H2,1H3. The number of aliphatic hydroxyl groups is 1. The van der Waals surface area contributed by atoms with Gasteiger partial charge in [-0.25, -0.2) is 0 Å². The Hall–Kier alpha value is -1.02. The topological polar surface area (TPSA) is 29.5 Å². The first kappa shape index (κ1) is 12.0. The predicted octanol–water partition coefficient (Wildman–Crippen LogP) is 3.72. The van der Waals surface area contributed by atoms with Crippen LogP contribution in [0.2, 0.25) is 0 Å². The molecule has 0 unspecified atom stereocenters. The van der Waals surface area contributed by atoms with Gasteiger partial charge < -0.3 is 9.84 Å². The van der Waals surface area contributed by atoms with E-state index in [1.54, 1.807) is 7.11 Å². The molecule has 0 atom stereocenters. The van der Waals surface area contributed by atoms with E-state index in [1.807, 2.05) is 6.07 Å². The van der Waals surface area contributed by atoms with Gasteiger partial charge in [-0.15, -0.1) is 0 Å². The second-order valence-corrected chi connectivity index (χ2v) is 5.82. The van der Waals surface area contributed by atoms with Crippen LogP contribution >= 0.6 is 0 Å². The third-order valence-electron chi connectivity index (χ3n) is 4.53. The maximum Gasteiger partial charge on any atom is 0.119 e. The molecule has 2 nitrogen and oxygen atoms in total. The van der Waals surface area contributed by atoms with E-state index in [0.29, 0.717) is 5.92 Å². The first-order chi connectivity index (χ1) is 8.73. The Kier molecular flexibility index (Phi) is 3.06. The van der Waals surface area contributed by atoms with Crippen molar-refractivity contribution in [2.45, 2.75) is 56.5 Å². The zero-order valence-corrected chi connectivity index (χ0v) is 11.1. The molecule has 0 spiro atoms. The fourth-order valence-electron chi connectivity index (χ4n) is 3.23. The van der Waals surface area contributed by atoms with Crippen LogP contribution in [0.25, 0.3) is 0 Å². The molecule has 0 aromatic heterocycles. The highest BCUT2D eigenvalue weighted by Gasteiger charge is 2.44. The van der Waals surface area contributed by atoms with Gasteiger partial charge in [0.05, 0.1) is 12.7 Å². The van der Waals surface area contributed by atoms with Gasteiger partial charge in [-0.2, -0.15) is 0 Å². The highest BCUT2D eigenvalue weighted by atomic mass is 16.5. The maximum absolute atomic E-state index is 10.4. The molecule has 0 aliphatic heterocycles. The van der Waals surface area contributed by atoms with Crippen LogP contribution in [0.1, 0.15) is 62.0 Å². The zero-order chi connectivity index (χ0) is 12.6. The third kappa shape index (κ3) is 2.14. The monoisotopic (exact) mass is 246 g/mol. The lowest BCUT2D eigenvalue weighted by Crippen LogP contribution is -2.13. The average molecular weight is 246 g/mol. The fourth-order valence-corrected chi connectivity index (χ4v) is 3.23. The Bertz CT molecular complexity index is 429. The molecule has 3 rings (SSSR count). The maximum atomic E-state index is 10.4. The van der Waals surface area contributed by atoms with E-state index in [0.717, 1.165) is 24.2 Å². The summed E-state index contributed by atoms with van der Waals surface area (Å²) in [5, 5.41) is 10.4. The number of ether oxygens (including phenoxy) is 1. The molecular weight excluding hydrogens is 224 g/mol. The van der Waals surface area contributed by atoms with Gasteiger partial charge in [0.25, 0.3) is 0 Å². The molecule has 2 heteroatoms. The van der Waals surface area contributed by atoms with E-state index < -0.39 is 5.60 Å². The van der Waals surface area contributed by atoms with E-state index in [9.17, 15) is 5.11 Å². The Balaban J connectivity index is 1.97. The summed E-state index contributed by atoms with van der Waals surface area (Å²) >= 11 is 0. The van der Waals surface area contributed by atoms with Crippen molar-refractivity contribution in [3.05, 3.63) is 29.3 Å². The van der Waals surface area contributed by atoms with Gasteiger partial charge in [0.1, 0.15) is 5.75 Å². The van der Waals surface area contributed by atoms with Gasteiger partial charge in [-0.1, -0.05) is 25.3 Å². The summed E-state index contributed by atoms with van der Waals surface area (Å²) in [6.07, 6.45) is 8.35. The first-order valence-corrected chi connectivity index (χ1v) is 7.14. The largest absolute Gasteiger partial charge is 0.497 e. The number of benzene rings is 1. The van der Waals surface area contributed by atoms with Gasteiger partial charge in [0.2, 0.25) is 0 Å². The quantitative estimate of drug-likeness (QED) is 0.880. The van der Waals surface area contributed by atoms with Gasteiger partial charge in [0, 0.05) is 0 Å². The molecule has 2 saturated carbocycles. The molecule has 1 aromatic rings. The lowest BCUT2D eigenvalue weighted by Gasteiger charge is -2.26. The number of methoxy groups -OCH3 is 1. The zero-order valence-electron chi connectivity index (χ0n) is 11.1. The number of rotatable bonds is 3. The van der Waals surface area contributed by atoms with Gasteiger partial charge in [0.15, 0.2) is 0 Å². The summed E-state index contributed by atoms with van der Waals surface area (Å²) in [4.78, 5) is 0. The molecule has 2 fully saturated rings. The Labute approximate surface area is 109 Å². The van der Waals surface area contributed by atoms with Crippen molar-refractivity contribution in [1.29, 1.82) is 0 Å². The molecule has 2 aliphatic rings. The minimum Gasteiger partial charge on any atom is -0.497 e. The van der Waals surface area contributed by atoms with E-state index in [2.05, 4.69) is 12.1 Å². The molecule has 0 bridgehead atoms. The molecule has 2 aliphatic carbocycles. The van der Waals surface area contributed by atoms with Crippen LogP contribution in [0.15, 0.2) is 18.2 Å². The van der Waals surface area contributed by atoms with Gasteiger partial charge in [-0.05, 0) is 54.9 Å². The van der Waals surface area contributed by atoms with E-state index in [-0.39, 0.29) is 0 Å². The minimum atomic E-state index is -0.529. The van der Waals surface area contributed by atoms with Crippen LogP contribution in [0.4, 0.5) is 0 Å². The van der Waals surface area contributed by atoms with E-state index in [1.165, 1.54) is 37.7 Å². The van der Waals surface area contributed by atoms with E-state index in [4.69, 9.17) is 4.74 Å². The summed E-state index contributed by atoms with van der Waals surface area (Å²) in [5.74, 6) is 1.54. The Morgan fingerprint density at radius 1 is 1.17 bits per heavy atom. The summed E-state index contributed by atoms with van der Waals surface area (Å²) in [6, 6.07) is 6.22. The molecule has 0 amide bonds. The van der Waals surface area contributed by atoms with Crippen molar-refractivity contribution in [2.75, 3.05) is 7.11 Å². The van der Waals surface area contributed by atoms with Gasteiger partial charge >= 0.3 is 0 Å². The van der Waals surface area contributed by atoms with Gasteiger partial charge in [-0.3, -0.25) is 0 Å². The predicted molar refractivity (Wildman–Crippen MR) is 72.0 cm³/mol. The molecule has 0 heterocycles. The van der Waals surface area contributed by atoms with Crippen molar-refractivity contribution >= 4 is 0 Å². The SMILES string of the molecule is COc1ccc(C2(O)CC2)c(C2CCCCC2)c1. The highest BCUT2D eigenvalue weighted by Crippen LogP contribution is 2.50. The molecule has 1 N–H and O–H groups in total. The van der Waals surface area contributed by atoms with Crippen LogP contribution in [0, 0.1) is 0 Å². The normalized spacial score (nSPS) is 22.8. The number of hydrogen-bond donors (Lipinski definition) is 1. The van der Waals surface area contributed by atoms with Crippen LogP contribution < -0.4 is 4.74 Å². The average Bonchev–Trinajstić information content (AvgIpc) is 3.18. The first-order valence-electron chi connectivity index (χ1n) is 7.14. The summed E-state index contributed by atoms with van der Waals surface area (Å²) in [6.45, 7) is 0. The molecule has 1 aromatic carbocycles.